The van der Waals surface area contributed by atoms with Crippen LogP contribution in [-0.4, -0.2) is 50.4 Å². The van der Waals surface area contributed by atoms with Crippen LogP contribution in [-0.2, 0) is 0 Å². The average molecular weight is 392 g/mol. The molecule has 0 radical (unpaired) electrons. The second-order valence-corrected chi connectivity index (χ2v) is 13.7. The molecule has 0 amide bonds. The van der Waals surface area contributed by atoms with E-state index in [2.05, 4.69) is 97.0 Å². The van der Waals surface area contributed by atoms with Crippen molar-refractivity contribution in [3.8, 4) is 6.07 Å². The van der Waals surface area contributed by atoms with Gasteiger partial charge >= 0.3 is 0 Å². The predicted octanol–water partition coefficient (Wildman–Crippen LogP) is 3.32. The Bertz CT molecular complexity index is 745. The summed E-state index contributed by atoms with van der Waals surface area (Å²) in [6.45, 7) is 14.4. The summed E-state index contributed by atoms with van der Waals surface area (Å²) in [5, 5.41) is 12.3. The topological polar surface area (TPSA) is 30.3 Å². The molecule has 0 aromatic heterocycles. The molecule has 1 heterocycles. The van der Waals surface area contributed by atoms with E-state index in [9.17, 15) is 5.26 Å². The van der Waals surface area contributed by atoms with Crippen LogP contribution in [0.3, 0.4) is 0 Å². The van der Waals surface area contributed by atoms with Crippen molar-refractivity contribution in [1.29, 1.82) is 5.26 Å². The van der Waals surface area contributed by atoms with E-state index < -0.39 is 8.24 Å². The Labute approximate surface area is 171 Å². The number of hydrogen-bond donors (Lipinski definition) is 0. The normalized spacial score (nSPS) is 17.8. The van der Waals surface area contributed by atoms with Gasteiger partial charge in [0.05, 0.1) is 12.0 Å². The summed E-state index contributed by atoms with van der Waals surface area (Å²) in [6.07, 6.45) is 0. The van der Waals surface area contributed by atoms with E-state index in [1.165, 1.54) is 10.4 Å². The highest BCUT2D eigenvalue weighted by atomic mass is 28.3. The molecule has 4 heteroatoms. The summed E-state index contributed by atoms with van der Waals surface area (Å²) in [4.78, 5) is 2.46. The molecule has 0 spiro atoms. The highest BCUT2D eigenvalue weighted by Gasteiger charge is 2.52. The van der Waals surface area contributed by atoms with Crippen LogP contribution in [0.1, 0.15) is 27.7 Å². The van der Waals surface area contributed by atoms with Gasteiger partial charge in [-0.15, -0.1) is 0 Å². The zero-order valence-electron chi connectivity index (χ0n) is 17.7. The number of hydrogen-bond acceptors (Lipinski definition) is 3. The van der Waals surface area contributed by atoms with E-state index in [0.29, 0.717) is 0 Å². The maximum atomic E-state index is 9.17. The van der Waals surface area contributed by atoms with Gasteiger partial charge in [-0.25, -0.2) is 0 Å². The Hall–Kier alpha value is -1.93. The first-order valence-electron chi connectivity index (χ1n) is 10.4. The van der Waals surface area contributed by atoms with Crippen LogP contribution in [0.15, 0.2) is 60.7 Å². The maximum Gasteiger partial charge on any atom is 0.198 e. The number of rotatable bonds is 5. The lowest BCUT2D eigenvalue weighted by atomic mass is 10.2. The van der Waals surface area contributed by atoms with Gasteiger partial charge in [-0.2, -0.15) is 5.26 Å². The van der Waals surface area contributed by atoms with Crippen molar-refractivity contribution in [2.45, 2.75) is 32.7 Å². The van der Waals surface area contributed by atoms with Gasteiger partial charge in [0.2, 0.25) is 0 Å². The van der Waals surface area contributed by atoms with Gasteiger partial charge in [0, 0.05) is 32.7 Å². The van der Waals surface area contributed by atoms with Gasteiger partial charge in [-0.3, -0.25) is 4.90 Å². The maximum absolute atomic E-state index is 9.17. The summed E-state index contributed by atoms with van der Waals surface area (Å²) < 4.78 is 2.81. The summed E-state index contributed by atoms with van der Waals surface area (Å²) in [6, 6.07) is 24.8. The molecule has 3 rings (SSSR count). The Morgan fingerprint density at radius 3 is 1.75 bits per heavy atom. The molecule has 1 atom stereocenters. The van der Waals surface area contributed by atoms with Crippen LogP contribution < -0.4 is 10.4 Å². The van der Waals surface area contributed by atoms with Gasteiger partial charge in [0.1, 0.15) is 0 Å². The Balaban J connectivity index is 2.02. The van der Waals surface area contributed by atoms with E-state index >= 15 is 0 Å². The molecular formula is C24H33N3Si. The minimum atomic E-state index is -2.18. The summed E-state index contributed by atoms with van der Waals surface area (Å²) in [7, 11) is -2.18. The molecule has 0 bridgehead atoms. The van der Waals surface area contributed by atoms with Crippen molar-refractivity contribution in [2.24, 2.45) is 5.92 Å². The zero-order chi connectivity index (χ0) is 20.2. The van der Waals surface area contributed by atoms with Crippen LogP contribution in [0.2, 0.25) is 5.04 Å². The van der Waals surface area contributed by atoms with Crippen LogP contribution in [0.25, 0.3) is 0 Å². The Morgan fingerprint density at radius 1 is 0.893 bits per heavy atom. The van der Waals surface area contributed by atoms with Crippen molar-refractivity contribution in [3.05, 3.63) is 60.7 Å². The molecule has 0 saturated carbocycles. The molecule has 1 saturated heterocycles. The molecule has 2 aromatic rings. The van der Waals surface area contributed by atoms with Crippen molar-refractivity contribution < 1.29 is 0 Å². The highest BCUT2D eigenvalue weighted by Crippen LogP contribution is 2.38. The lowest BCUT2D eigenvalue weighted by molar-refractivity contribution is 0.172. The minimum Gasteiger partial charge on any atom is -0.314 e. The predicted molar refractivity (Wildman–Crippen MR) is 120 cm³/mol. The van der Waals surface area contributed by atoms with Gasteiger partial charge in [0.15, 0.2) is 8.24 Å². The quantitative estimate of drug-likeness (QED) is 0.733. The van der Waals surface area contributed by atoms with Gasteiger partial charge in [-0.05, 0) is 22.3 Å². The average Bonchev–Trinajstić information content (AvgIpc) is 2.70. The number of benzene rings is 2. The second-order valence-electron chi connectivity index (χ2n) is 9.01. The molecule has 28 heavy (non-hydrogen) atoms. The zero-order valence-corrected chi connectivity index (χ0v) is 18.7. The second kappa shape index (κ2) is 8.61. The first-order valence-corrected chi connectivity index (χ1v) is 12.3. The molecule has 1 aliphatic rings. The molecule has 1 fully saturated rings. The monoisotopic (exact) mass is 391 g/mol. The first kappa shape index (κ1) is 20.8. The standard InChI is InChI=1S/C24H33N3Si/c1-21(19-25)20-26-15-17-27(18-16-26)28(24(2,3)4,22-11-7-5-8-12-22)23-13-9-6-10-14-23/h5-14,21H,15-18,20H2,1-4H3. The van der Waals surface area contributed by atoms with Crippen molar-refractivity contribution in [1.82, 2.24) is 9.47 Å². The fraction of sp³-hybridized carbons (Fsp3) is 0.458. The SMILES string of the molecule is CC(C#N)CN1CCN([Si](c2ccccc2)(c2ccccc2)C(C)(C)C)CC1. The largest absolute Gasteiger partial charge is 0.314 e. The van der Waals surface area contributed by atoms with Crippen LogP contribution in [0.4, 0.5) is 0 Å². The van der Waals surface area contributed by atoms with Gasteiger partial charge in [-0.1, -0.05) is 81.4 Å². The smallest absolute Gasteiger partial charge is 0.198 e. The summed E-state index contributed by atoms with van der Waals surface area (Å²) in [5.74, 6) is 0.0967. The molecule has 0 aliphatic carbocycles. The number of nitriles is 1. The lowest BCUT2D eigenvalue weighted by Gasteiger charge is -2.53. The van der Waals surface area contributed by atoms with Crippen molar-refractivity contribution >= 4 is 18.6 Å². The lowest BCUT2D eigenvalue weighted by Crippen LogP contribution is -2.77. The molecule has 2 aromatic carbocycles. The highest BCUT2D eigenvalue weighted by molar-refractivity contribution is 7.02. The van der Waals surface area contributed by atoms with Gasteiger partial charge < -0.3 is 4.57 Å². The first-order chi connectivity index (χ1) is 13.4. The minimum absolute atomic E-state index is 0.0967. The molecular weight excluding hydrogens is 358 g/mol. The van der Waals surface area contributed by atoms with E-state index in [1.54, 1.807) is 0 Å². The molecule has 1 unspecified atom stereocenters. The Morgan fingerprint density at radius 2 is 1.36 bits per heavy atom. The van der Waals surface area contributed by atoms with Gasteiger partial charge in [0.25, 0.3) is 0 Å². The fourth-order valence-electron chi connectivity index (χ4n) is 4.92. The molecule has 3 nitrogen and oxygen atoms in total. The third kappa shape index (κ3) is 3.93. The van der Waals surface area contributed by atoms with Crippen LogP contribution >= 0.6 is 0 Å². The Kier molecular flexibility index (Phi) is 6.39. The van der Waals surface area contributed by atoms with E-state index in [1.807, 2.05) is 6.92 Å². The van der Waals surface area contributed by atoms with E-state index in [0.717, 1.165) is 32.7 Å². The number of piperazine rings is 1. The van der Waals surface area contributed by atoms with Crippen molar-refractivity contribution in [3.63, 3.8) is 0 Å². The molecule has 0 N–H and O–H groups in total. The molecule has 1 aliphatic heterocycles. The van der Waals surface area contributed by atoms with Crippen LogP contribution in [0.5, 0.6) is 0 Å². The number of nitrogens with zero attached hydrogens (tertiary/aromatic N) is 3. The summed E-state index contributed by atoms with van der Waals surface area (Å²) >= 11 is 0. The van der Waals surface area contributed by atoms with Crippen LogP contribution in [0, 0.1) is 17.2 Å². The summed E-state index contributed by atoms with van der Waals surface area (Å²) in [5.41, 5.74) is 0. The van der Waals surface area contributed by atoms with E-state index in [-0.39, 0.29) is 11.0 Å². The van der Waals surface area contributed by atoms with Crippen molar-refractivity contribution in [2.75, 3.05) is 32.7 Å². The molecule has 148 valence electrons. The van der Waals surface area contributed by atoms with E-state index in [4.69, 9.17) is 0 Å². The fourth-order valence-corrected chi connectivity index (χ4v) is 10.9. The third-order valence-corrected chi connectivity index (χ3v) is 12.0. The third-order valence-electron chi connectivity index (χ3n) is 6.07.